The summed E-state index contributed by atoms with van der Waals surface area (Å²) < 4.78 is 12.9. The predicted octanol–water partition coefficient (Wildman–Crippen LogP) is 4.67. The number of benzene rings is 2. The number of hydrogen-bond donors (Lipinski definition) is 0. The Morgan fingerprint density at radius 2 is 1.81 bits per heavy atom. The second kappa shape index (κ2) is 8.15. The molecule has 0 spiro atoms. The molecule has 0 amide bonds. The molecule has 9 heteroatoms. The number of anilines is 1. The largest absolute Gasteiger partial charge is 0.497 e. The average Bonchev–Trinajstić information content (AvgIpc) is 3.03. The van der Waals surface area contributed by atoms with Crippen molar-refractivity contribution in [3.63, 3.8) is 0 Å². The molecule has 0 aliphatic carbocycles. The van der Waals surface area contributed by atoms with Crippen molar-refractivity contribution in [1.82, 2.24) is 0 Å². The maximum Gasteiger partial charge on any atom is 0.256 e. The first-order chi connectivity index (χ1) is 12.6. The summed E-state index contributed by atoms with van der Waals surface area (Å²) in [6.45, 7) is 0. The van der Waals surface area contributed by atoms with Crippen LogP contribution in [-0.4, -0.2) is 24.3 Å². The Morgan fingerprint density at radius 1 is 1.12 bits per heavy atom. The van der Waals surface area contributed by atoms with Crippen LogP contribution >= 0.6 is 23.7 Å². The van der Waals surface area contributed by atoms with Gasteiger partial charge in [0, 0.05) is 24.1 Å². The van der Waals surface area contributed by atoms with Crippen molar-refractivity contribution in [3.8, 4) is 11.5 Å². The predicted molar refractivity (Wildman–Crippen MR) is 106 cm³/mol. The summed E-state index contributed by atoms with van der Waals surface area (Å²) >= 11 is 2.49. The number of rotatable bonds is 5. The third kappa shape index (κ3) is 4.30. The molecule has 1 saturated heterocycles. The molecule has 0 saturated carbocycles. The van der Waals surface area contributed by atoms with Crippen LogP contribution in [0.1, 0.15) is 0 Å². The van der Waals surface area contributed by atoms with E-state index in [1.807, 2.05) is 46.8 Å². The highest BCUT2D eigenvalue weighted by Gasteiger charge is 2.29. The minimum Gasteiger partial charge on any atom is -0.497 e. The minimum atomic E-state index is -0.465. The van der Waals surface area contributed by atoms with Gasteiger partial charge < -0.3 is 9.47 Å². The van der Waals surface area contributed by atoms with Gasteiger partial charge in [-0.2, -0.15) is 0 Å². The van der Waals surface area contributed by atoms with Crippen LogP contribution in [0.5, 0.6) is 11.5 Å². The fraction of sp³-hybridized carbons (Fsp3) is 0.118. The number of ether oxygens (including phenoxy) is 2. The zero-order chi connectivity index (χ0) is 18.5. The van der Waals surface area contributed by atoms with E-state index in [4.69, 9.17) is 9.47 Å². The lowest BCUT2D eigenvalue weighted by Gasteiger charge is -2.16. The van der Waals surface area contributed by atoms with Gasteiger partial charge in [-0.1, -0.05) is 12.1 Å². The van der Waals surface area contributed by atoms with Crippen LogP contribution in [0.2, 0.25) is 0 Å². The molecular formula is C17H15N3O4S2. The summed E-state index contributed by atoms with van der Waals surface area (Å²) in [7, 11) is 3.18. The van der Waals surface area contributed by atoms with Crippen molar-refractivity contribution in [2.45, 2.75) is 0 Å². The monoisotopic (exact) mass is 389 g/mol. The van der Waals surface area contributed by atoms with Crippen LogP contribution < -0.4 is 13.8 Å². The molecular weight excluding hydrogens is 374 g/mol. The third-order valence-corrected chi connectivity index (χ3v) is 5.53. The first-order valence-electron chi connectivity index (χ1n) is 7.47. The molecule has 0 radical (unpaired) electrons. The molecule has 1 aliphatic heterocycles. The normalized spacial score (nSPS) is 16.9. The van der Waals surface area contributed by atoms with E-state index in [-0.39, 0.29) is 0 Å². The SMILES string of the molecule is COc1cccc(N=C2S/C(=C/[N+](=O)[O-])SN2c2cccc(OC)c2)c1. The maximum absolute atomic E-state index is 10.9. The second-order valence-corrected chi connectivity index (χ2v) is 7.27. The van der Waals surface area contributed by atoms with E-state index in [0.717, 1.165) is 11.9 Å². The van der Waals surface area contributed by atoms with Gasteiger partial charge >= 0.3 is 0 Å². The van der Waals surface area contributed by atoms with Gasteiger partial charge in [-0.05, 0) is 36.0 Å². The Hall–Kier alpha value is -2.65. The number of amidine groups is 1. The molecule has 1 heterocycles. The fourth-order valence-electron chi connectivity index (χ4n) is 2.17. The van der Waals surface area contributed by atoms with Crippen LogP contribution in [0, 0.1) is 10.1 Å². The van der Waals surface area contributed by atoms with Gasteiger partial charge in [0.05, 0.1) is 30.5 Å². The lowest BCUT2D eigenvalue weighted by molar-refractivity contribution is -0.402. The van der Waals surface area contributed by atoms with Crippen molar-refractivity contribution >= 4 is 40.3 Å². The molecule has 1 aliphatic rings. The Morgan fingerprint density at radius 3 is 2.50 bits per heavy atom. The Kier molecular flexibility index (Phi) is 5.69. The van der Waals surface area contributed by atoms with Gasteiger partial charge in [0.25, 0.3) is 6.20 Å². The Bertz CT molecular complexity index is 886. The molecule has 3 rings (SSSR count). The number of aliphatic imine (C=N–C) groups is 1. The van der Waals surface area contributed by atoms with Gasteiger partial charge in [0.2, 0.25) is 0 Å². The smallest absolute Gasteiger partial charge is 0.256 e. The molecule has 0 atom stereocenters. The minimum absolute atomic E-state index is 0.465. The van der Waals surface area contributed by atoms with Crippen molar-refractivity contribution in [2.75, 3.05) is 18.5 Å². The maximum atomic E-state index is 10.9. The van der Waals surface area contributed by atoms with Gasteiger partial charge in [-0.15, -0.1) is 0 Å². The van der Waals surface area contributed by atoms with Crippen molar-refractivity contribution in [1.29, 1.82) is 0 Å². The van der Waals surface area contributed by atoms with Crippen LogP contribution in [0.4, 0.5) is 11.4 Å². The summed E-state index contributed by atoms with van der Waals surface area (Å²) in [4.78, 5) is 15.0. The highest BCUT2D eigenvalue weighted by molar-refractivity contribution is 8.35. The molecule has 0 N–H and O–H groups in total. The number of nitro groups is 1. The quantitative estimate of drug-likeness (QED) is 0.418. The molecule has 26 heavy (non-hydrogen) atoms. The van der Waals surface area contributed by atoms with Gasteiger partial charge in [0.1, 0.15) is 15.7 Å². The summed E-state index contributed by atoms with van der Waals surface area (Å²) in [6.07, 6.45) is 0.983. The molecule has 2 aromatic carbocycles. The van der Waals surface area contributed by atoms with E-state index >= 15 is 0 Å². The topological polar surface area (TPSA) is 77.2 Å². The molecule has 0 bridgehead atoms. The Labute approximate surface area is 159 Å². The zero-order valence-corrected chi connectivity index (χ0v) is 15.6. The van der Waals surface area contributed by atoms with Crippen LogP contribution in [-0.2, 0) is 0 Å². The fourth-order valence-corrected chi connectivity index (χ4v) is 4.30. The number of nitrogens with zero attached hydrogens (tertiary/aromatic N) is 3. The number of methoxy groups -OCH3 is 2. The van der Waals surface area contributed by atoms with E-state index in [1.54, 1.807) is 20.3 Å². The summed E-state index contributed by atoms with van der Waals surface area (Å²) in [5.41, 5.74) is 1.51. The third-order valence-electron chi connectivity index (χ3n) is 3.32. The van der Waals surface area contributed by atoms with E-state index in [9.17, 15) is 10.1 Å². The van der Waals surface area contributed by atoms with Crippen molar-refractivity contribution in [3.05, 3.63) is 69.1 Å². The molecule has 2 aromatic rings. The van der Waals surface area contributed by atoms with Crippen molar-refractivity contribution < 1.29 is 14.4 Å². The standard InChI is InChI=1S/C17H15N3O4S2/c1-23-14-7-3-5-12(9-14)18-17-20(26-16(25-17)11-19(21)22)13-6-4-8-15(10-13)24-2/h3-11H,1-2H3/b16-11-,18-17?. The van der Waals surface area contributed by atoms with Crippen molar-refractivity contribution in [2.24, 2.45) is 4.99 Å². The number of thioether (sulfide) groups is 1. The first-order valence-corrected chi connectivity index (χ1v) is 9.06. The molecule has 134 valence electrons. The van der Waals surface area contributed by atoms with Gasteiger partial charge in [-0.3, -0.25) is 14.4 Å². The van der Waals surface area contributed by atoms with E-state index < -0.39 is 4.92 Å². The second-order valence-electron chi connectivity index (χ2n) is 5.02. The van der Waals surface area contributed by atoms with Gasteiger partial charge in [-0.25, -0.2) is 4.99 Å². The summed E-state index contributed by atoms with van der Waals surface area (Å²) in [6, 6.07) is 14.8. The van der Waals surface area contributed by atoms with Gasteiger partial charge in [0.15, 0.2) is 5.17 Å². The average molecular weight is 389 g/mol. The zero-order valence-electron chi connectivity index (χ0n) is 14.0. The van der Waals surface area contributed by atoms with E-state index in [2.05, 4.69) is 4.99 Å². The summed E-state index contributed by atoms with van der Waals surface area (Å²) in [5.74, 6) is 1.39. The molecule has 7 nitrogen and oxygen atoms in total. The Balaban J connectivity index is 2.00. The molecule has 1 fully saturated rings. The van der Waals surface area contributed by atoms with Crippen LogP contribution in [0.15, 0.2) is 64.0 Å². The first kappa shape index (κ1) is 18.2. The highest BCUT2D eigenvalue weighted by atomic mass is 32.2. The molecule has 0 unspecified atom stereocenters. The summed E-state index contributed by atoms with van der Waals surface area (Å²) in [5, 5.41) is 11.5. The highest BCUT2D eigenvalue weighted by Crippen LogP contribution is 2.46. The van der Waals surface area contributed by atoms with Crippen LogP contribution in [0.3, 0.4) is 0 Å². The van der Waals surface area contributed by atoms with Crippen LogP contribution in [0.25, 0.3) is 0 Å². The van der Waals surface area contributed by atoms with E-state index in [0.29, 0.717) is 26.6 Å². The lowest BCUT2D eigenvalue weighted by Crippen LogP contribution is -2.15. The molecule has 0 aromatic heterocycles. The lowest BCUT2D eigenvalue weighted by atomic mass is 10.3. The van der Waals surface area contributed by atoms with E-state index in [1.165, 1.54) is 23.7 Å². The number of hydrogen-bond acceptors (Lipinski definition) is 7.